The lowest BCUT2D eigenvalue weighted by Crippen LogP contribution is -2.23. The summed E-state index contributed by atoms with van der Waals surface area (Å²) in [6.07, 6.45) is 0. The predicted molar refractivity (Wildman–Crippen MR) is 107 cm³/mol. The number of benzene rings is 2. The molecule has 5 nitrogen and oxygen atoms in total. The highest BCUT2D eigenvalue weighted by Crippen LogP contribution is 2.25. The molecule has 26 heavy (non-hydrogen) atoms. The van der Waals surface area contributed by atoms with Crippen LogP contribution in [-0.4, -0.2) is 25.1 Å². The maximum absolute atomic E-state index is 12.9. The molecule has 0 atom stereocenters. The Morgan fingerprint density at radius 3 is 2.42 bits per heavy atom. The summed E-state index contributed by atoms with van der Waals surface area (Å²) in [5.74, 6) is -1.98. The van der Waals surface area contributed by atoms with Gasteiger partial charge in [0.1, 0.15) is 11.6 Å². The van der Waals surface area contributed by atoms with Crippen LogP contribution in [0.2, 0.25) is 0 Å². The van der Waals surface area contributed by atoms with Crippen LogP contribution in [0.15, 0.2) is 58.8 Å². The number of amides is 1. The van der Waals surface area contributed by atoms with Gasteiger partial charge in [0.05, 0.1) is 10.6 Å². The van der Waals surface area contributed by atoms with Crippen LogP contribution in [0.1, 0.15) is 0 Å². The zero-order chi connectivity index (χ0) is 18.7. The van der Waals surface area contributed by atoms with Crippen molar-refractivity contribution in [3.05, 3.63) is 63.3 Å². The first kappa shape index (κ1) is 18.9. The van der Waals surface area contributed by atoms with Crippen LogP contribution < -0.4 is 5.32 Å². The maximum atomic E-state index is 12.9. The van der Waals surface area contributed by atoms with Gasteiger partial charge in [-0.15, -0.1) is 11.3 Å². The van der Waals surface area contributed by atoms with Gasteiger partial charge in [-0.1, -0.05) is 12.1 Å². The largest absolute Gasteiger partial charge is 0.301 e. The lowest BCUT2D eigenvalue weighted by atomic mass is 10.2. The fourth-order valence-corrected chi connectivity index (χ4v) is 4.37. The number of halogens is 2. The van der Waals surface area contributed by atoms with Gasteiger partial charge in [-0.25, -0.2) is 17.8 Å². The van der Waals surface area contributed by atoms with Crippen molar-refractivity contribution >= 4 is 54.8 Å². The van der Waals surface area contributed by atoms with Gasteiger partial charge in [-0.3, -0.25) is 4.79 Å². The van der Waals surface area contributed by atoms with Crippen molar-refractivity contribution in [3.8, 4) is 11.3 Å². The Balaban J connectivity index is 1.68. The third kappa shape index (κ3) is 4.65. The SMILES string of the molecule is O=C(CS(=O)(=O)c1ccc(F)cc1)Nc1nc(-c2ccc(I)cc2)cs1. The quantitative estimate of drug-likeness (QED) is 0.424. The fraction of sp³-hybridized carbons (Fsp3) is 0.0588. The van der Waals surface area contributed by atoms with Crippen LogP contribution in [0.25, 0.3) is 11.3 Å². The number of nitrogens with one attached hydrogen (secondary N) is 1. The highest BCUT2D eigenvalue weighted by molar-refractivity contribution is 14.1. The van der Waals surface area contributed by atoms with Gasteiger partial charge in [-0.2, -0.15) is 0 Å². The van der Waals surface area contributed by atoms with E-state index in [1.165, 1.54) is 11.3 Å². The monoisotopic (exact) mass is 502 g/mol. The molecule has 9 heteroatoms. The lowest BCUT2D eigenvalue weighted by molar-refractivity contribution is -0.113. The molecule has 0 radical (unpaired) electrons. The van der Waals surface area contributed by atoms with E-state index in [0.29, 0.717) is 10.8 Å². The first-order valence-electron chi connectivity index (χ1n) is 7.33. The summed E-state index contributed by atoms with van der Waals surface area (Å²) in [6, 6.07) is 12.1. The smallest absolute Gasteiger partial charge is 0.241 e. The van der Waals surface area contributed by atoms with Crippen LogP contribution in [0.3, 0.4) is 0 Å². The summed E-state index contributed by atoms with van der Waals surface area (Å²) >= 11 is 3.41. The van der Waals surface area contributed by atoms with E-state index in [1.54, 1.807) is 5.38 Å². The second-order valence-corrected chi connectivity index (χ2v) is 9.40. The molecule has 3 rings (SSSR count). The molecule has 2 aromatic carbocycles. The molecule has 0 saturated carbocycles. The standard InChI is InChI=1S/C17H12FIN2O3S2/c18-12-3-7-14(8-4-12)26(23,24)10-16(22)21-17-20-15(9-25-17)11-1-5-13(19)6-2-11/h1-9H,10H2,(H,20,21,22). The number of sulfone groups is 1. The van der Waals surface area contributed by atoms with Gasteiger partial charge in [0.15, 0.2) is 15.0 Å². The predicted octanol–water partition coefficient (Wildman–Crippen LogP) is 3.97. The number of hydrogen-bond donors (Lipinski definition) is 1. The number of anilines is 1. The maximum Gasteiger partial charge on any atom is 0.241 e. The average Bonchev–Trinajstić information content (AvgIpc) is 3.03. The van der Waals surface area contributed by atoms with Gasteiger partial charge in [0.2, 0.25) is 5.91 Å². The summed E-state index contributed by atoms with van der Waals surface area (Å²) in [7, 11) is -3.85. The minimum Gasteiger partial charge on any atom is -0.301 e. The molecule has 3 aromatic rings. The van der Waals surface area contributed by atoms with E-state index >= 15 is 0 Å². The Hall–Kier alpha value is -1.85. The second kappa shape index (κ2) is 7.80. The number of aromatic nitrogens is 1. The molecular formula is C17H12FIN2O3S2. The number of carbonyl (C=O) groups excluding carboxylic acids is 1. The minimum absolute atomic E-state index is 0.104. The highest BCUT2D eigenvalue weighted by Gasteiger charge is 2.20. The molecule has 1 N–H and O–H groups in total. The molecule has 134 valence electrons. The molecule has 1 heterocycles. The summed E-state index contributed by atoms with van der Waals surface area (Å²) in [4.78, 5) is 16.3. The van der Waals surface area contributed by atoms with Crippen LogP contribution in [0, 0.1) is 9.39 Å². The third-order valence-electron chi connectivity index (χ3n) is 3.38. The van der Waals surface area contributed by atoms with Gasteiger partial charge in [0.25, 0.3) is 0 Å². The molecular weight excluding hydrogens is 490 g/mol. The fourth-order valence-electron chi connectivity index (χ4n) is 2.14. The minimum atomic E-state index is -3.85. The van der Waals surface area contributed by atoms with E-state index < -0.39 is 27.3 Å². The van der Waals surface area contributed by atoms with Gasteiger partial charge in [-0.05, 0) is 59.0 Å². The number of rotatable bonds is 5. The van der Waals surface area contributed by atoms with E-state index in [9.17, 15) is 17.6 Å². The van der Waals surface area contributed by atoms with E-state index in [0.717, 1.165) is 33.4 Å². The Bertz CT molecular complexity index is 1030. The normalized spacial score (nSPS) is 11.3. The van der Waals surface area contributed by atoms with Crippen molar-refractivity contribution < 1.29 is 17.6 Å². The Labute approximate surface area is 167 Å². The number of hydrogen-bond acceptors (Lipinski definition) is 5. The van der Waals surface area contributed by atoms with Crippen LogP contribution >= 0.6 is 33.9 Å². The van der Waals surface area contributed by atoms with Gasteiger partial charge in [0, 0.05) is 14.5 Å². The lowest BCUT2D eigenvalue weighted by Gasteiger charge is -2.04. The number of carbonyl (C=O) groups is 1. The molecule has 0 aliphatic carbocycles. The molecule has 1 aromatic heterocycles. The average molecular weight is 502 g/mol. The van der Waals surface area contributed by atoms with E-state index in [-0.39, 0.29) is 4.90 Å². The summed E-state index contributed by atoms with van der Waals surface area (Å²) in [6.45, 7) is 0. The van der Waals surface area contributed by atoms with Gasteiger partial charge >= 0.3 is 0 Å². The van der Waals surface area contributed by atoms with E-state index in [4.69, 9.17) is 0 Å². The Morgan fingerprint density at radius 1 is 1.12 bits per heavy atom. The van der Waals surface area contributed by atoms with Crippen molar-refractivity contribution in [2.45, 2.75) is 4.90 Å². The topological polar surface area (TPSA) is 76.1 Å². The highest BCUT2D eigenvalue weighted by atomic mass is 127. The van der Waals surface area contributed by atoms with Crippen molar-refractivity contribution in [2.24, 2.45) is 0 Å². The molecule has 1 amide bonds. The van der Waals surface area contributed by atoms with Crippen LogP contribution in [0.4, 0.5) is 9.52 Å². The van der Waals surface area contributed by atoms with E-state index in [1.807, 2.05) is 24.3 Å². The molecule has 0 aliphatic heterocycles. The van der Waals surface area contributed by atoms with Crippen molar-refractivity contribution in [3.63, 3.8) is 0 Å². The van der Waals surface area contributed by atoms with Crippen molar-refractivity contribution in [2.75, 3.05) is 11.1 Å². The summed E-state index contributed by atoms with van der Waals surface area (Å²) in [5, 5.41) is 4.60. The molecule has 0 aliphatic rings. The third-order valence-corrected chi connectivity index (χ3v) is 6.49. The van der Waals surface area contributed by atoms with E-state index in [2.05, 4.69) is 32.9 Å². The zero-order valence-corrected chi connectivity index (χ0v) is 16.9. The summed E-state index contributed by atoms with van der Waals surface area (Å²) < 4.78 is 38.4. The van der Waals surface area contributed by atoms with Crippen LogP contribution in [0.5, 0.6) is 0 Å². The number of nitrogens with zero attached hydrogens (tertiary/aromatic N) is 1. The van der Waals surface area contributed by atoms with Crippen molar-refractivity contribution in [1.82, 2.24) is 4.98 Å². The molecule has 0 saturated heterocycles. The molecule has 0 spiro atoms. The zero-order valence-electron chi connectivity index (χ0n) is 13.1. The van der Waals surface area contributed by atoms with Crippen molar-refractivity contribution in [1.29, 1.82) is 0 Å². The molecule has 0 unspecified atom stereocenters. The second-order valence-electron chi connectivity index (χ2n) is 5.31. The van der Waals surface area contributed by atoms with Crippen LogP contribution in [-0.2, 0) is 14.6 Å². The van der Waals surface area contributed by atoms with Gasteiger partial charge < -0.3 is 5.32 Å². The first-order chi connectivity index (χ1) is 12.3. The molecule has 0 bridgehead atoms. The first-order valence-corrected chi connectivity index (χ1v) is 10.9. The number of thiazole rings is 1. The summed E-state index contributed by atoms with van der Waals surface area (Å²) in [5.41, 5.74) is 1.60. The Morgan fingerprint density at radius 2 is 1.77 bits per heavy atom. The molecule has 0 fully saturated rings. The Kier molecular flexibility index (Phi) is 5.68.